The highest BCUT2D eigenvalue weighted by Gasteiger charge is 2.52. The molecule has 1 N–H and O–H groups in total. The molecule has 18 atom stereocenters. The zero-order valence-corrected chi connectivity index (χ0v) is 34.4. The van der Waals surface area contributed by atoms with Crippen molar-refractivity contribution in [3.63, 3.8) is 0 Å². The summed E-state index contributed by atoms with van der Waals surface area (Å²) < 4.78 is 49.6. The fourth-order valence-corrected chi connectivity index (χ4v) is 10.5. The van der Waals surface area contributed by atoms with Gasteiger partial charge in [0.05, 0.1) is 36.9 Å². The molecule has 0 amide bonds. The van der Waals surface area contributed by atoms with E-state index in [9.17, 15) is 14.7 Å². The molecule has 0 radical (unpaired) electrons. The molecule has 0 spiro atoms. The Labute approximate surface area is 328 Å². The Hall–Kier alpha value is -2.00. The first kappa shape index (κ1) is 42.6. The van der Waals surface area contributed by atoms with Gasteiger partial charge in [0.15, 0.2) is 18.4 Å². The Morgan fingerprint density at radius 3 is 2.29 bits per heavy atom. The third kappa shape index (κ3) is 9.50. The molecule has 7 unspecified atom stereocenters. The van der Waals surface area contributed by atoms with Crippen LogP contribution in [0.1, 0.15) is 79.1 Å². The first-order valence-corrected chi connectivity index (χ1v) is 20.7. The number of aliphatic hydroxyl groups is 1. The van der Waals surface area contributed by atoms with Crippen molar-refractivity contribution in [3.8, 4) is 0 Å². The van der Waals surface area contributed by atoms with Crippen LogP contribution in [0, 0.1) is 35.5 Å². The van der Waals surface area contributed by atoms with Crippen molar-refractivity contribution in [2.24, 2.45) is 35.5 Å². The lowest BCUT2D eigenvalue weighted by atomic mass is 9.70. The van der Waals surface area contributed by atoms with Gasteiger partial charge in [-0.25, -0.2) is 0 Å². The van der Waals surface area contributed by atoms with Crippen molar-refractivity contribution in [3.05, 3.63) is 36.0 Å². The molecule has 3 heterocycles. The zero-order chi connectivity index (χ0) is 39.6. The summed E-state index contributed by atoms with van der Waals surface area (Å²) in [5.74, 6) is -0.479. The van der Waals surface area contributed by atoms with E-state index in [1.165, 1.54) is 0 Å². The SMILES string of the molecule is CO[C@@H]1[C@@H](OC)[C@H](C)O[C@@H](O[C@@H]2CC3C=CC4C5CC(=O)O[C@@H](/C=C/C(C)O)CCC[C@H](OC6CC[C@H](N(C)C)[C@@H](C)O6)[C@@H](C)C(=O)C5=CC4C3C2)[C@@H]1OC. The van der Waals surface area contributed by atoms with Crippen LogP contribution in [0.15, 0.2) is 36.0 Å². The van der Waals surface area contributed by atoms with E-state index in [4.69, 9.17) is 37.9 Å². The molecule has 0 aromatic rings. The normalized spacial score (nSPS) is 44.6. The van der Waals surface area contributed by atoms with E-state index in [0.29, 0.717) is 30.9 Å². The van der Waals surface area contributed by atoms with Crippen molar-refractivity contribution in [1.82, 2.24) is 4.90 Å². The predicted octanol–water partition coefficient (Wildman–Crippen LogP) is 5.01. The van der Waals surface area contributed by atoms with Gasteiger partial charge in [-0.1, -0.05) is 31.2 Å². The Morgan fingerprint density at radius 1 is 0.873 bits per heavy atom. The molecule has 3 aliphatic carbocycles. The van der Waals surface area contributed by atoms with Gasteiger partial charge >= 0.3 is 5.97 Å². The van der Waals surface area contributed by atoms with Gasteiger partial charge in [0.1, 0.15) is 24.4 Å². The van der Waals surface area contributed by atoms with Gasteiger partial charge in [0, 0.05) is 39.2 Å². The Kier molecular flexibility index (Phi) is 14.5. The van der Waals surface area contributed by atoms with Gasteiger partial charge in [-0.2, -0.15) is 0 Å². The van der Waals surface area contributed by atoms with Crippen LogP contribution in [0.2, 0.25) is 0 Å². The number of methoxy groups -OCH3 is 3. The Morgan fingerprint density at radius 2 is 1.62 bits per heavy atom. The molecule has 1 saturated carbocycles. The van der Waals surface area contributed by atoms with Crippen LogP contribution >= 0.6 is 0 Å². The highest BCUT2D eigenvalue weighted by molar-refractivity contribution is 5.99. The first-order valence-electron chi connectivity index (χ1n) is 20.7. The van der Waals surface area contributed by atoms with Gasteiger partial charge in [-0.15, -0.1) is 0 Å². The molecular formula is C43H67NO11. The number of fused-ring (bicyclic) bond motifs is 5. The number of ether oxygens (including phenoxy) is 8. The standard InChI is InChI=1S/C43H67NO11/c1-23(45)13-15-28-11-10-12-36(55-38-18-17-35(44(5)6)25(3)51-38)24(2)39(47)34-21-32-30(33(34)22-37(46)53-28)16-14-27-19-29(20-31(27)32)54-43-42(50-9)41(49-8)40(48-7)26(4)52-43/h13-16,21,23-33,35-36,38,40-43,45H,10-12,17-20,22H2,1-9H3/b15-13+/t23?,24-,25-,26+,27?,28-,29-,30?,31?,32?,33?,35+,36+,38?,40+,41-,42-,43+/m1/s1. The lowest BCUT2D eigenvalue weighted by molar-refractivity contribution is -0.314. The van der Waals surface area contributed by atoms with Crippen LogP contribution in [0.25, 0.3) is 0 Å². The number of rotatable bonds is 10. The minimum absolute atomic E-state index is 0.00143. The van der Waals surface area contributed by atoms with Crippen molar-refractivity contribution >= 4 is 11.8 Å². The topological polar surface area (TPSA) is 131 Å². The molecule has 12 nitrogen and oxygen atoms in total. The van der Waals surface area contributed by atoms with Crippen LogP contribution in [-0.4, -0.2) is 131 Å². The van der Waals surface area contributed by atoms with E-state index in [1.54, 1.807) is 40.4 Å². The number of hydrogen-bond donors (Lipinski definition) is 1. The average molecular weight is 774 g/mol. The molecule has 0 aromatic heterocycles. The summed E-state index contributed by atoms with van der Waals surface area (Å²) in [6.07, 6.45) is 11.5. The third-order valence-electron chi connectivity index (χ3n) is 13.3. The number of allylic oxidation sites excluding steroid dienone is 4. The van der Waals surface area contributed by atoms with Gasteiger partial charge < -0.3 is 47.9 Å². The van der Waals surface area contributed by atoms with Crippen LogP contribution in [0.5, 0.6) is 0 Å². The lowest BCUT2D eigenvalue weighted by Gasteiger charge is -2.44. The number of Topliss-reactive ketones (excluding diaryl/α,β-unsaturated/α-hetero) is 1. The van der Waals surface area contributed by atoms with Crippen LogP contribution < -0.4 is 0 Å². The fraction of sp³-hybridized carbons (Fsp3) is 0.814. The maximum atomic E-state index is 14.7. The number of aliphatic hydroxyl groups excluding tert-OH is 1. The lowest BCUT2D eigenvalue weighted by Crippen LogP contribution is -2.59. The summed E-state index contributed by atoms with van der Waals surface area (Å²) in [5.41, 5.74) is 0.711. The van der Waals surface area contributed by atoms with Crippen molar-refractivity contribution in [2.75, 3.05) is 35.4 Å². The molecule has 6 aliphatic rings. The van der Waals surface area contributed by atoms with E-state index in [-0.39, 0.29) is 84.4 Å². The molecule has 0 bridgehead atoms. The number of nitrogens with zero attached hydrogens (tertiary/aromatic N) is 1. The summed E-state index contributed by atoms with van der Waals surface area (Å²) >= 11 is 0. The summed E-state index contributed by atoms with van der Waals surface area (Å²) in [7, 11) is 9.09. The van der Waals surface area contributed by atoms with Crippen LogP contribution in [0.3, 0.4) is 0 Å². The average Bonchev–Trinajstić information content (AvgIpc) is 3.72. The molecule has 55 heavy (non-hydrogen) atoms. The number of carbonyl (C=O) groups excluding carboxylic acids is 2. The monoisotopic (exact) mass is 773 g/mol. The Balaban J connectivity index is 1.23. The van der Waals surface area contributed by atoms with Gasteiger partial charge in [0.2, 0.25) is 0 Å². The van der Waals surface area contributed by atoms with Crippen LogP contribution in [0.4, 0.5) is 0 Å². The van der Waals surface area contributed by atoms with E-state index >= 15 is 0 Å². The summed E-state index contributed by atoms with van der Waals surface area (Å²) in [6, 6.07) is 0.307. The molecule has 4 fully saturated rings. The van der Waals surface area contributed by atoms with Gasteiger partial charge in [-0.3, -0.25) is 9.59 Å². The third-order valence-corrected chi connectivity index (χ3v) is 13.3. The second-order valence-corrected chi connectivity index (χ2v) is 17.1. The molecule has 310 valence electrons. The van der Waals surface area contributed by atoms with Crippen molar-refractivity contribution < 1.29 is 52.6 Å². The maximum absolute atomic E-state index is 14.7. The molecule has 0 aromatic carbocycles. The highest BCUT2D eigenvalue weighted by atomic mass is 16.7. The second kappa shape index (κ2) is 18.7. The predicted molar refractivity (Wildman–Crippen MR) is 205 cm³/mol. The molecule has 3 saturated heterocycles. The van der Waals surface area contributed by atoms with Crippen LogP contribution in [-0.2, 0) is 47.5 Å². The number of likely N-dealkylation sites (N-methyl/N-ethyl adjacent to an activating group) is 1. The summed E-state index contributed by atoms with van der Waals surface area (Å²) in [4.78, 5) is 30.6. The largest absolute Gasteiger partial charge is 0.458 e. The van der Waals surface area contributed by atoms with E-state index < -0.39 is 36.8 Å². The van der Waals surface area contributed by atoms with Crippen molar-refractivity contribution in [1.29, 1.82) is 0 Å². The number of carbonyl (C=O) groups is 2. The van der Waals surface area contributed by atoms with E-state index in [0.717, 1.165) is 25.7 Å². The molecule has 6 rings (SSSR count). The number of ketones is 1. The summed E-state index contributed by atoms with van der Waals surface area (Å²) in [6.45, 7) is 7.71. The molecule has 12 heteroatoms. The minimum atomic E-state index is -0.660. The first-order chi connectivity index (χ1) is 26.3. The minimum Gasteiger partial charge on any atom is -0.458 e. The summed E-state index contributed by atoms with van der Waals surface area (Å²) in [5, 5.41) is 9.99. The second-order valence-electron chi connectivity index (χ2n) is 17.1. The maximum Gasteiger partial charge on any atom is 0.307 e. The van der Waals surface area contributed by atoms with E-state index in [2.05, 4.69) is 44.1 Å². The zero-order valence-electron chi connectivity index (χ0n) is 34.4. The smallest absolute Gasteiger partial charge is 0.307 e. The van der Waals surface area contributed by atoms with Gasteiger partial charge in [0.25, 0.3) is 0 Å². The molecule has 3 aliphatic heterocycles. The van der Waals surface area contributed by atoms with Gasteiger partial charge in [-0.05, 0) is 115 Å². The van der Waals surface area contributed by atoms with Crippen molar-refractivity contribution in [2.45, 2.75) is 153 Å². The number of cyclic esters (lactones) is 1. The Bertz CT molecular complexity index is 1400. The number of hydrogen-bond acceptors (Lipinski definition) is 12. The highest BCUT2D eigenvalue weighted by Crippen LogP contribution is 2.54. The molecular weight excluding hydrogens is 706 g/mol. The number of esters is 1. The fourth-order valence-electron chi connectivity index (χ4n) is 10.5. The quantitative estimate of drug-likeness (QED) is 0.237. The van der Waals surface area contributed by atoms with E-state index in [1.807, 2.05) is 13.8 Å².